The van der Waals surface area contributed by atoms with E-state index in [0.29, 0.717) is 0 Å². The van der Waals surface area contributed by atoms with Crippen LogP contribution in [0.4, 0.5) is 5.69 Å². The van der Waals surface area contributed by atoms with Gasteiger partial charge in [-0.3, -0.25) is 15.8 Å². The number of hydrogen-bond acceptors (Lipinski definition) is 4. The first-order chi connectivity index (χ1) is 28.0. The van der Waals surface area contributed by atoms with E-state index in [0.717, 1.165) is 55.5 Å². The molecule has 0 aliphatic heterocycles. The molecule has 4 nitrogen and oxygen atoms in total. The van der Waals surface area contributed by atoms with Crippen LogP contribution in [0.3, 0.4) is 0 Å². The van der Waals surface area contributed by atoms with Crippen molar-refractivity contribution >= 4 is 55.1 Å². The Bertz CT molecular complexity index is 2920. The van der Waals surface area contributed by atoms with Gasteiger partial charge in [0.25, 0.3) is 0 Å². The molecule has 1 aromatic heterocycles. The van der Waals surface area contributed by atoms with E-state index in [4.69, 9.17) is 21.5 Å². The van der Waals surface area contributed by atoms with Crippen molar-refractivity contribution in [1.82, 2.24) is 4.98 Å². The van der Waals surface area contributed by atoms with Gasteiger partial charge in [-0.05, 0) is 126 Å². The van der Waals surface area contributed by atoms with Gasteiger partial charge in [-0.25, -0.2) is 0 Å². The number of para-hydroxylation sites is 1. The lowest BCUT2D eigenvalue weighted by molar-refractivity contribution is 1.41. The van der Waals surface area contributed by atoms with Crippen LogP contribution in [0.5, 0.6) is 0 Å². The number of pyridine rings is 1. The summed E-state index contributed by atoms with van der Waals surface area (Å²) in [4.78, 5) is 4.75. The van der Waals surface area contributed by atoms with E-state index in [-0.39, 0.29) is 11.4 Å². The Morgan fingerprint density at radius 3 is 1.44 bits per heavy atom. The van der Waals surface area contributed by atoms with Crippen molar-refractivity contribution in [2.45, 2.75) is 0 Å². The summed E-state index contributed by atoms with van der Waals surface area (Å²) in [6, 6.07) is 63.1. The van der Waals surface area contributed by atoms with Gasteiger partial charge < -0.3 is 5.73 Å². The minimum Gasteiger partial charge on any atom is -0.399 e. The number of benzene rings is 8. The first-order valence-electron chi connectivity index (χ1n) is 19.0. The summed E-state index contributed by atoms with van der Waals surface area (Å²) in [5, 5.41) is 21.8. The fraction of sp³-hybridized carbons (Fsp3) is 0. The van der Waals surface area contributed by atoms with Crippen LogP contribution in [-0.4, -0.2) is 16.4 Å². The van der Waals surface area contributed by atoms with Gasteiger partial charge in [0.2, 0.25) is 0 Å². The van der Waals surface area contributed by atoms with Crippen molar-refractivity contribution in [3.8, 4) is 44.5 Å². The highest BCUT2D eigenvalue weighted by molar-refractivity contribution is 6.50. The van der Waals surface area contributed by atoms with Gasteiger partial charge in [0.1, 0.15) is 0 Å². The Morgan fingerprint density at radius 1 is 0.386 bits per heavy atom. The van der Waals surface area contributed by atoms with E-state index in [9.17, 15) is 0 Å². The predicted octanol–water partition coefficient (Wildman–Crippen LogP) is 13.5. The summed E-state index contributed by atoms with van der Waals surface area (Å²) >= 11 is 0. The molecule has 4 N–H and O–H groups in total. The number of hydrogen-bond donors (Lipinski definition) is 3. The summed E-state index contributed by atoms with van der Waals surface area (Å²) < 4.78 is 0. The Kier molecular flexibility index (Phi) is 9.35. The second-order valence-corrected chi connectivity index (χ2v) is 14.2. The van der Waals surface area contributed by atoms with Crippen molar-refractivity contribution in [1.29, 1.82) is 10.8 Å². The van der Waals surface area contributed by atoms with Gasteiger partial charge in [-0.2, -0.15) is 0 Å². The molecule has 0 saturated heterocycles. The van der Waals surface area contributed by atoms with E-state index >= 15 is 0 Å². The van der Waals surface area contributed by atoms with Crippen molar-refractivity contribution in [2.24, 2.45) is 0 Å². The maximum Gasteiger partial charge on any atom is 0.0795 e. The average Bonchev–Trinajstić information content (AvgIpc) is 3.27. The standard InChI is InChI=1S/C29H20N2.C24H18N2/c30-22-15-13-19(14-16-22)28-23-8-2-4-10-25(23)29(26-11-5-3-9-24(26)28)21-17-20-7-1-6-12-27(20)31-18-21;25-23-12-11-19(16-24(23)26)22-14-20(17-7-3-1-4-8-17)13-21(15-22)18-9-5-2-6-10-18/h1-18H,30H2;1-16,25-26H. The SMILES string of the molecule is N=C1C=CC(c2cc(-c3ccccc3)cc(-c3ccccc3)c2)=CC1=N.Nc1ccc(-c2c3ccccc3c(-c3cnc4ccccc4c3)c3ccccc23)cc1. The molecule has 57 heavy (non-hydrogen) atoms. The Morgan fingerprint density at radius 2 is 0.877 bits per heavy atom. The fourth-order valence-electron chi connectivity index (χ4n) is 7.72. The fourth-order valence-corrected chi connectivity index (χ4v) is 7.72. The van der Waals surface area contributed by atoms with E-state index in [1.807, 2.05) is 66.9 Å². The van der Waals surface area contributed by atoms with Gasteiger partial charge in [-0.15, -0.1) is 0 Å². The Labute approximate surface area is 332 Å². The molecule has 0 atom stereocenters. The van der Waals surface area contributed by atoms with Gasteiger partial charge in [0, 0.05) is 22.8 Å². The van der Waals surface area contributed by atoms with Crippen LogP contribution in [0.25, 0.3) is 82.5 Å². The third-order valence-electron chi connectivity index (χ3n) is 10.5. The van der Waals surface area contributed by atoms with Crippen LogP contribution in [0.15, 0.2) is 206 Å². The topological polar surface area (TPSA) is 86.6 Å². The van der Waals surface area contributed by atoms with Crippen LogP contribution < -0.4 is 5.73 Å². The normalized spacial score (nSPS) is 12.4. The second kappa shape index (κ2) is 15.2. The van der Waals surface area contributed by atoms with Crippen molar-refractivity contribution in [3.63, 3.8) is 0 Å². The number of nitrogens with one attached hydrogen (secondary N) is 2. The van der Waals surface area contributed by atoms with Crippen molar-refractivity contribution in [2.75, 3.05) is 5.73 Å². The Hall–Kier alpha value is -7.69. The summed E-state index contributed by atoms with van der Waals surface area (Å²) in [7, 11) is 0. The number of allylic oxidation sites excluding steroid dienone is 4. The molecule has 10 rings (SSSR count). The molecule has 0 bridgehead atoms. The summed E-state index contributed by atoms with van der Waals surface area (Å²) in [5.41, 5.74) is 19.6. The van der Waals surface area contributed by atoms with Gasteiger partial charge in [-0.1, -0.05) is 146 Å². The molecule has 0 saturated carbocycles. The van der Waals surface area contributed by atoms with E-state index in [1.54, 1.807) is 12.2 Å². The third-order valence-corrected chi connectivity index (χ3v) is 10.5. The molecule has 0 fully saturated rings. The van der Waals surface area contributed by atoms with Gasteiger partial charge >= 0.3 is 0 Å². The molecule has 4 heteroatoms. The van der Waals surface area contributed by atoms with Gasteiger partial charge in [0.15, 0.2) is 0 Å². The molecule has 9 aromatic rings. The molecule has 0 radical (unpaired) electrons. The van der Waals surface area contributed by atoms with E-state index in [1.165, 1.54) is 38.2 Å². The number of aromatic nitrogens is 1. The molecular weight excluding hydrogens is 693 g/mol. The van der Waals surface area contributed by atoms with E-state index in [2.05, 4.69) is 127 Å². The lowest BCUT2D eigenvalue weighted by Gasteiger charge is -2.17. The van der Waals surface area contributed by atoms with Crippen LogP contribution in [-0.2, 0) is 0 Å². The largest absolute Gasteiger partial charge is 0.399 e. The molecule has 1 aliphatic carbocycles. The maximum atomic E-state index is 7.96. The molecule has 0 amide bonds. The van der Waals surface area contributed by atoms with Crippen LogP contribution in [0, 0.1) is 10.8 Å². The lowest BCUT2D eigenvalue weighted by atomic mass is 9.86. The summed E-state index contributed by atoms with van der Waals surface area (Å²) in [6.07, 6.45) is 7.37. The summed E-state index contributed by atoms with van der Waals surface area (Å²) in [5.74, 6) is 0. The highest BCUT2D eigenvalue weighted by atomic mass is 14.6. The quantitative estimate of drug-likeness (QED) is 0.0935. The zero-order valence-corrected chi connectivity index (χ0v) is 31.2. The number of rotatable bonds is 5. The van der Waals surface area contributed by atoms with Gasteiger partial charge in [0.05, 0.1) is 16.9 Å². The average molecular weight is 731 g/mol. The molecule has 0 unspecified atom stereocenters. The minimum atomic E-state index is 0.244. The predicted molar refractivity (Wildman–Crippen MR) is 242 cm³/mol. The van der Waals surface area contributed by atoms with Crippen molar-refractivity contribution in [3.05, 3.63) is 212 Å². The molecule has 8 aromatic carbocycles. The lowest BCUT2D eigenvalue weighted by Crippen LogP contribution is -2.09. The number of fused-ring (bicyclic) bond motifs is 3. The maximum absolute atomic E-state index is 7.96. The smallest absolute Gasteiger partial charge is 0.0795 e. The highest BCUT2D eigenvalue weighted by Gasteiger charge is 2.17. The minimum absolute atomic E-state index is 0.244. The number of nitrogen functional groups attached to an aromatic ring is 1. The molecule has 1 aliphatic rings. The second-order valence-electron chi connectivity index (χ2n) is 14.2. The van der Waals surface area contributed by atoms with Crippen LogP contribution >= 0.6 is 0 Å². The van der Waals surface area contributed by atoms with Crippen LogP contribution in [0.1, 0.15) is 5.56 Å². The molecular formula is C53H38N4. The van der Waals surface area contributed by atoms with E-state index < -0.39 is 0 Å². The molecule has 0 spiro atoms. The van der Waals surface area contributed by atoms with Crippen LogP contribution in [0.2, 0.25) is 0 Å². The third kappa shape index (κ3) is 7.04. The number of anilines is 1. The molecule has 270 valence electrons. The monoisotopic (exact) mass is 730 g/mol. The van der Waals surface area contributed by atoms with Crippen molar-refractivity contribution < 1.29 is 0 Å². The zero-order valence-electron chi connectivity index (χ0n) is 31.2. The summed E-state index contributed by atoms with van der Waals surface area (Å²) in [6.45, 7) is 0. The molecule has 1 heterocycles. The number of nitrogens with two attached hydrogens (primary N) is 1. The first-order valence-corrected chi connectivity index (χ1v) is 19.0. The first kappa shape index (κ1) is 35.0. The number of nitrogens with zero attached hydrogens (tertiary/aromatic N) is 1. The highest BCUT2D eigenvalue weighted by Crippen LogP contribution is 2.44. The zero-order chi connectivity index (χ0) is 38.7. The Balaban J connectivity index is 0.000000151.